The highest BCUT2D eigenvalue weighted by molar-refractivity contribution is 6.16. The van der Waals surface area contributed by atoms with E-state index in [1.54, 1.807) is 0 Å². The summed E-state index contributed by atoms with van der Waals surface area (Å²) in [5, 5.41) is 0. The lowest BCUT2D eigenvalue weighted by atomic mass is 9.64. The van der Waals surface area contributed by atoms with Crippen LogP contribution in [0.3, 0.4) is 0 Å². The maximum Gasteiger partial charge on any atom is 0.139 e. The molecule has 2 nitrogen and oxygen atoms in total. The molecule has 3 rings (SSSR count). The third kappa shape index (κ3) is 2.04. The Kier molecular flexibility index (Phi) is 3.28. The fraction of sp³-hybridized carbons (Fsp3) is 0.375. The van der Waals surface area contributed by atoms with Crippen molar-refractivity contribution in [1.82, 2.24) is 9.97 Å². The van der Waals surface area contributed by atoms with Gasteiger partial charge in [0.2, 0.25) is 0 Å². The van der Waals surface area contributed by atoms with Gasteiger partial charge in [0.05, 0.1) is 17.0 Å². The van der Waals surface area contributed by atoms with Gasteiger partial charge in [-0.25, -0.2) is 9.97 Å². The first-order valence-electron chi connectivity index (χ1n) is 6.71. The lowest BCUT2D eigenvalue weighted by molar-refractivity contribution is 0.284. The Morgan fingerprint density at radius 1 is 1.21 bits per heavy atom. The molecular weight excluding hydrogens is 256 g/mol. The number of rotatable bonds is 3. The number of hydrogen-bond acceptors (Lipinski definition) is 2. The molecule has 1 aliphatic rings. The smallest absolute Gasteiger partial charge is 0.139 e. The van der Waals surface area contributed by atoms with E-state index in [1.165, 1.54) is 12.0 Å². The summed E-state index contributed by atoms with van der Waals surface area (Å²) in [6, 6.07) is 10.6. The van der Waals surface area contributed by atoms with E-state index in [0.29, 0.717) is 5.88 Å². The summed E-state index contributed by atoms with van der Waals surface area (Å²) in [7, 11) is 0. The highest BCUT2D eigenvalue weighted by Crippen LogP contribution is 2.47. The third-order valence-corrected chi connectivity index (χ3v) is 4.42. The fourth-order valence-electron chi connectivity index (χ4n) is 2.77. The lowest BCUT2D eigenvalue weighted by Crippen LogP contribution is -2.37. The highest BCUT2D eigenvalue weighted by atomic mass is 35.5. The molecule has 0 aliphatic heterocycles. The lowest BCUT2D eigenvalue weighted by Gasteiger charge is -2.41. The van der Waals surface area contributed by atoms with E-state index >= 15 is 0 Å². The molecule has 1 aromatic heterocycles. The number of hydrogen-bond donors (Lipinski definition) is 0. The van der Waals surface area contributed by atoms with E-state index in [9.17, 15) is 0 Å². The van der Waals surface area contributed by atoms with E-state index in [4.69, 9.17) is 16.6 Å². The minimum atomic E-state index is 0.00969. The first-order chi connectivity index (χ1) is 9.26. The normalized spacial score (nSPS) is 16.9. The molecule has 0 saturated heterocycles. The van der Waals surface area contributed by atoms with Crippen LogP contribution in [0.4, 0.5) is 0 Å². The van der Waals surface area contributed by atoms with Gasteiger partial charge in [-0.15, -0.1) is 11.6 Å². The van der Waals surface area contributed by atoms with Crippen LogP contribution in [-0.2, 0) is 11.3 Å². The van der Waals surface area contributed by atoms with E-state index in [1.807, 2.05) is 13.1 Å². The molecule has 1 fully saturated rings. The van der Waals surface area contributed by atoms with Crippen molar-refractivity contribution >= 4 is 11.6 Å². The van der Waals surface area contributed by atoms with Crippen molar-refractivity contribution in [3.05, 3.63) is 59.2 Å². The van der Waals surface area contributed by atoms with Gasteiger partial charge in [-0.2, -0.15) is 0 Å². The van der Waals surface area contributed by atoms with E-state index in [0.717, 1.165) is 29.9 Å². The van der Waals surface area contributed by atoms with Crippen LogP contribution in [0.2, 0.25) is 0 Å². The predicted molar refractivity (Wildman–Crippen MR) is 77.4 cm³/mol. The molecule has 0 radical (unpaired) electrons. The van der Waals surface area contributed by atoms with Gasteiger partial charge < -0.3 is 0 Å². The molecule has 1 heterocycles. The van der Waals surface area contributed by atoms with Crippen LogP contribution in [0.1, 0.15) is 41.9 Å². The summed E-state index contributed by atoms with van der Waals surface area (Å²) >= 11 is 5.97. The Hall–Kier alpha value is -1.41. The second kappa shape index (κ2) is 4.93. The minimum absolute atomic E-state index is 0.00969. The number of aromatic nitrogens is 2. The Morgan fingerprint density at radius 3 is 2.53 bits per heavy atom. The van der Waals surface area contributed by atoms with Gasteiger partial charge in [0.25, 0.3) is 0 Å². The van der Waals surface area contributed by atoms with E-state index < -0.39 is 0 Å². The zero-order valence-corrected chi connectivity index (χ0v) is 11.8. The average molecular weight is 273 g/mol. The maximum absolute atomic E-state index is 5.97. The van der Waals surface area contributed by atoms with Crippen molar-refractivity contribution in [2.75, 3.05) is 0 Å². The molecule has 2 aromatic rings. The third-order valence-electron chi connectivity index (χ3n) is 4.16. The van der Waals surface area contributed by atoms with Crippen LogP contribution in [0.25, 0.3) is 0 Å². The molecular formula is C16H17ClN2. The molecule has 1 aromatic carbocycles. The van der Waals surface area contributed by atoms with Crippen LogP contribution in [-0.4, -0.2) is 9.97 Å². The van der Waals surface area contributed by atoms with Crippen molar-refractivity contribution in [1.29, 1.82) is 0 Å². The Labute approximate surface area is 118 Å². The van der Waals surface area contributed by atoms with Gasteiger partial charge in [0.15, 0.2) is 0 Å². The van der Waals surface area contributed by atoms with Gasteiger partial charge in [-0.1, -0.05) is 36.8 Å². The van der Waals surface area contributed by atoms with Gasteiger partial charge in [-0.05, 0) is 30.9 Å². The number of halogens is 1. The SMILES string of the molecule is Cc1cnc(C2(c3ccccc3)CCC2)nc1CCl. The second-order valence-electron chi connectivity index (χ2n) is 5.26. The van der Waals surface area contributed by atoms with Crippen LogP contribution >= 0.6 is 11.6 Å². The van der Waals surface area contributed by atoms with Crippen LogP contribution in [0, 0.1) is 6.92 Å². The number of benzene rings is 1. The van der Waals surface area contributed by atoms with E-state index in [-0.39, 0.29) is 5.41 Å². The maximum atomic E-state index is 5.97. The second-order valence-corrected chi connectivity index (χ2v) is 5.53. The molecule has 0 atom stereocenters. The van der Waals surface area contributed by atoms with Crippen molar-refractivity contribution in [3.8, 4) is 0 Å². The standard InChI is InChI=1S/C16H17ClN2/c1-12-11-18-15(19-14(12)10-17)16(8-5-9-16)13-6-3-2-4-7-13/h2-4,6-7,11H,5,8-10H2,1H3. The average Bonchev–Trinajstić information content (AvgIpc) is 2.40. The molecule has 0 N–H and O–H groups in total. The molecule has 98 valence electrons. The largest absolute Gasteiger partial charge is 0.240 e. The van der Waals surface area contributed by atoms with Gasteiger partial charge >= 0.3 is 0 Å². The van der Waals surface area contributed by atoms with Crippen molar-refractivity contribution in [3.63, 3.8) is 0 Å². The Balaban J connectivity index is 2.08. The number of alkyl halides is 1. The van der Waals surface area contributed by atoms with Crippen molar-refractivity contribution in [2.45, 2.75) is 37.5 Å². The molecule has 0 amide bonds. The molecule has 0 unspecified atom stereocenters. The summed E-state index contributed by atoms with van der Waals surface area (Å²) in [6.45, 7) is 2.01. The minimum Gasteiger partial charge on any atom is -0.240 e. The Morgan fingerprint density at radius 2 is 1.95 bits per heavy atom. The predicted octanol–water partition coefficient (Wildman–Crippen LogP) is 3.99. The summed E-state index contributed by atoms with van der Waals surface area (Å²) < 4.78 is 0. The van der Waals surface area contributed by atoms with Crippen LogP contribution in [0.5, 0.6) is 0 Å². The Bertz CT molecular complexity index is 577. The highest BCUT2D eigenvalue weighted by Gasteiger charge is 2.42. The number of nitrogens with zero attached hydrogens (tertiary/aromatic N) is 2. The molecule has 0 bridgehead atoms. The van der Waals surface area contributed by atoms with Crippen molar-refractivity contribution in [2.24, 2.45) is 0 Å². The first-order valence-corrected chi connectivity index (χ1v) is 7.24. The number of aryl methyl sites for hydroxylation is 1. The van der Waals surface area contributed by atoms with E-state index in [2.05, 4.69) is 35.3 Å². The summed E-state index contributed by atoms with van der Waals surface area (Å²) in [4.78, 5) is 9.31. The quantitative estimate of drug-likeness (QED) is 0.790. The molecule has 1 aliphatic carbocycles. The monoisotopic (exact) mass is 272 g/mol. The summed E-state index contributed by atoms with van der Waals surface area (Å²) in [5.74, 6) is 1.39. The van der Waals surface area contributed by atoms with Crippen LogP contribution in [0.15, 0.2) is 36.5 Å². The molecule has 0 spiro atoms. The zero-order valence-electron chi connectivity index (χ0n) is 11.1. The van der Waals surface area contributed by atoms with Gasteiger partial charge in [0, 0.05) is 6.20 Å². The van der Waals surface area contributed by atoms with Gasteiger partial charge in [-0.3, -0.25) is 0 Å². The topological polar surface area (TPSA) is 25.8 Å². The molecule has 1 saturated carbocycles. The summed E-state index contributed by atoms with van der Waals surface area (Å²) in [6.07, 6.45) is 5.40. The van der Waals surface area contributed by atoms with Gasteiger partial charge in [0.1, 0.15) is 5.82 Å². The molecule has 19 heavy (non-hydrogen) atoms. The zero-order chi connectivity index (χ0) is 13.3. The summed E-state index contributed by atoms with van der Waals surface area (Å²) in [5.41, 5.74) is 3.36. The van der Waals surface area contributed by atoms with Crippen molar-refractivity contribution < 1.29 is 0 Å². The molecule has 3 heteroatoms. The van der Waals surface area contributed by atoms with Crippen LogP contribution < -0.4 is 0 Å². The first kappa shape index (κ1) is 12.6. The fourth-order valence-corrected chi connectivity index (χ4v) is 3.04.